The molecule has 4 rings (SSSR count). The van der Waals surface area contributed by atoms with Crippen LogP contribution in [0.5, 0.6) is 5.75 Å². The van der Waals surface area contributed by atoms with Crippen molar-refractivity contribution in [3.05, 3.63) is 113 Å². The zero-order valence-corrected chi connectivity index (χ0v) is 13.9. The molecule has 0 fully saturated rings. The summed E-state index contributed by atoms with van der Waals surface area (Å²) in [6.45, 7) is 0. The molecule has 0 amide bonds. The molecule has 1 N–H and O–H groups in total. The van der Waals surface area contributed by atoms with Gasteiger partial charge in [0.25, 0.3) is 0 Å². The fourth-order valence-electron chi connectivity index (χ4n) is 3.45. The summed E-state index contributed by atoms with van der Waals surface area (Å²) in [5.74, 6) is 0.496. The van der Waals surface area contributed by atoms with Crippen LogP contribution in [-0.4, -0.2) is 5.26 Å². The van der Waals surface area contributed by atoms with Crippen molar-refractivity contribution in [2.45, 2.75) is 12.8 Å². The molecule has 0 saturated heterocycles. The Morgan fingerprint density at radius 2 is 1.52 bits per heavy atom. The lowest BCUT2D eigenvalue weighted by Crippen LogP contribution is -2.09. The molecule has 1 radical (unpaired) electrons. The highest BCUT2D eigenvalue weighted by molar-refractivity contribution is 5.79. The molecule has 0 bridgehead atoms. The number of hydrogen-bond donors (Lipinski definition) is 1. The molecule has 3 aromatic rings. The largest absolute Gasteiger partial charge is 0.340 e. The van der Waals surface area contributed by atoms with Crippen molar-refractivity contribution in [1.29, 1.82) is 0 Å². The summed E-state index contributed by atoms with van der Waals surface area (Å²) in [5.41, 5.74) is 7.23. The van der Waals surface area contributed by atoms with Crippen LogP contribution in [0.1, 0.15) is 22.3 Å². The molecule has 0 spiro atoms. The van der Waals surface area contributed by atoms with Crippen molar-refractivity contribution in [2.24, 2.45) is 0 Å². The van der Waals surface area contributed by atoms with Gasteiger partial charge < -0.3 is 4.89 Å². The maximum Gasteiger partial charge on any atom is 0.172 e. The van der Waals surface area contributed by atoms with E-state index in [1.165, 1.54) is 27.8 Å². The molecule has 3 aromatic carbocycles. The monoisotopic (exact) mass is 327 g/mol. The summed E-state index contributed by atoms with van der Waals surface area (Å²) in [4.78, 5) is 4.64. The summed E-state index contributed by atoms with van der Waals surface area (Å²) in [5, 5.41) is 9.29. The molecule has 2 nitrogen and oxygen atoms in total. The van der Waals surface area contributed by atoms with E-state index < -0.39 is 0 Å². The predicted octanol–water partition coefficient (Wildman–Crippen LogP) is 5.34. The Bertz CT molecular complexity index is 910. The molecule has 25 heavy (non-hydrogen) atoms. The van der Waals surface area contributed by atoms with Gasteiger partial charge in [0.15, 0.2) is 5.75 Å². The van der Waals surface area contributed by atoms with Crippen LogP contribution in [0, 0.1) is 6.42 Å². The van der Waals surface area contributed by atoms with Crippen LogP contribution < -0.4 is 4.89 Å². The lowest BCUT2D eigenvalue weighted by Gasteiger charge is -2.24. The first kappa shape index (κ1) is 15.7. The summed E-state index contributed by atoms with van der Waals surface area (Å²) >= 11 is 0. The number of rotatable bonds is 4. The average Bonchev–Trinajstić information content (AvgIpc) is 2.68. The van der Waals surface area contributed by atoms with Crippen LogP contribution in [0.3, 0.4) is 0 Å². The van der Waals surface area contributed by atoms with Crippen molar-refractivity contribution in [3.8, 4) is 5.75 Å². The molecule has 1 aliphatic carbocycles. The SMILES string of the molecule is OOc1ccccc1C1=C(Cc2ccccc2)[CH]c2ccccc2C1. The Morgan fingerprint density at radius 3 is 2.36 bits per heavy atom. The Kier molecular flexibility index (Phi) is 4.36. The molecule has 1 aliphatic rings. The van der Waals surface area contributed by atoms with Gasteiger partial charge in [0, 0.05) is 12.0 Å². The quantitative estimate of drug-likeness (QED) is 0.517. The van der Waals surface area contributed by atoms with Crippen LogP contribution in [0.2, 0.25) is 0 Å². The van der Waals surface area contributed by atoms with E-state index in [2.05, 4.69) is 59.8 Å². The summed E-state index contributed by atoms with van der Waals surface area (Å²) in [7, 11) is 0. The minimum Gasteiger partial charge on any atom is -0.340 e. The van der Waals surface area contributed by atoms with Gasteiger partial charge in [-0.1, -0.05) is 78.4 Å². The van der Waals surface area contributed by atoms with Gasteiger partial charge in [-0.15, -0.1) is 0 Å². The second kappa shape index (κ2) is 6.96. The highest BCUT2D eigenvalue weighted by atomic mass is 17.1. The van der Waals surface area contributed by atoms with Crippen LogP contribution in [0.4, 0.5) is 0 Å². The third-order valence-corrected chi connectivity index (χ3v) is 4.69. The molecular formula is C23H19O2. The summed E-state index contributed by atoms with van der Waals surface area (Å²) < 4.78 is 0. The number of hydrogen-bond acceptors (Lipinski definition) is 2. The first-order valence-corrected chi connectivity index (χ1v) is 8.44. The second-order valence-corrected chi connectivity index (χ2v) is 6.27. The van der Waals surface area contributed by atoms with Gasteiger partial charge in [-0.2, -0.15) is 0 Å². The van der Waals surface area contributed by atoms with Crippen molar-refractivity contribution in [2.75, 3.05) is 0 Å². The first-order valence-electron chi connectivity index (χ1n) is 8.44. The Hall–Kier alpha value is -2.84. The lowest BCUT2D eigenvalue weighted by atomic mass is 9.80. The lowest BCUT2D eigenvalue weighted by molar-refractivity contribution is -0.137. The zero-order valence-electron chi connectivity index (χ0n) is 13.9. The normalized spacial score (nSPS) is 13.5. The maximum atomic E-state index is 9.29. The fourth-order valence-corrected chi connectivity index (χ4v) is 3.45. The van der Waals surface area contributed by atoms with Crippen LogP contribution >= 0.6 is 0 Å². The fraction of sp³-hybridized carbons (Fsp3) is 0.0870. The van der Waals surface area contributed by atoms with Gasteiger partial charge >= 0.3 is 0 Å². The van der Waals surface area contributed by atoms with E-state index in [0.29, 0.717) is 5.75 Å². The third-order valence-electron chi connectivity index (χ3n) is 4.69. The van der Waals surface area contributed by atoms with Gasteiger partial charge in [0.1, 0.15) is 0 Å². The van der Waals surface area contributed by atoms with Crippen molar-refractivity contribution < 1.29 is 10.1 Å². The van der Waals surface area contributed by atoms with Gasteiger partial charge in [-0.25, -0.2) is 5.26 Å². The topological polar surface area (TPSA) is 29.5 Å². The molecule has 0 heterocycles. The number of fused-ring (bicyclic) bond motifs is 1. The van der Waals surface area contributed by atoms with Crippen LogP contribution in [0.25, 0.3) is 5.57 Å². The average molecular weight is 327 g/mol. The second-order valence-electron chi connectivity index (χ2n) is 6.27. The maximum absolute atomic E-state index is 9.29. The van der Waals surface area contributed by atoms with Gasteiger partial charge in [0.2, 0.25) is 0 Å². The van der Waals surface area contributed by atoms with Gasteiger partial charge in [0.05, 0.1) is 0 Å². The Balaban J connectivity index is 1.81. The van der Waals surface area contributed by atoms with E-state index in [-0.39, 0.29) is 0 Å². The third kappa shape index (κ3) is 3.21. The number of allylic oxidation sites excluding steroid dienone is 2. The van der Waals surface area contributed by atoms with E-state index in [0.717, 1.165) is 18.4 Å². The minimum absolute atomic E-state index is 0.496. The molecule has 2 heteroatoms. The zero-order chi connectivity index (χ0) is 17.1. The van der Waals surface area contributed by atoms with Crippen molar-refractivity contribution >= 4 is 5.57 Å². The molecule has 123 valence electrons. The van der Waals surface area contributed by atoms with E-state index in [4.69, 9.17) is 0 Å². The van der Waals surface area contributed by atoms with Crippen molar-refractivity contribution in [1.82, 2.24) is 0 Å². The molecular weight excluding hydrogens is 308 g/mol. The predicted molar refractivity (Wildman–Crippen MR) is 100 cm³/mol. The summed E-state index contributed by atoms with van der Waals surface area (Å²) in [6, 6.07) is 26.6. The highest BCUT2D eigenvalue weighted by Crippen LogP contribution is 2.38. The Morgan fingerprint density at radius 1 is 0.800 bits per heavy atom. The molecule has 0 aliphatic heterocycles. The van der Waals surface area contributed by atoms with E-state index in [9.17, 15) is 5.26 Å². The van der Waals surface area contributed by atoms with Crippen LogP contribution in [-0.2, 0) is 12.8 Å². The highest BCUT2D eigenvalue weighted by Gasteiger charge is 2.21. The van der Waals surface area contributed by atoms with Gasteiger partial charge in [-0.3, -0.25) is 0 Å². The smallest absolute Gasteiger partial charge is 0.172 e. The number of para-hydroxylation sites is 1. The summed E-state index contributed by atoms with van der Waals surface area (Å²) in [6.07, 6.45) is 3.94. The molecule has 0 saturated carbocycles. The van der Waals surface area contributed by atoms with E-state index >= 15 is 0 Å². The molecule has 0 unspecified atom stereocenters. The minimum atomic E-state index is 0.496. The molecule has 0 aromatic heterocycles. The van der Waals surface area contributed by atoms with Gasteiger partial charge in [-0.05, 0) is 41.2 Å². The van der Waals surface area contributed by atoms with Crippen LogP contribution in [0.15, 0.2) is 84.4 Å². The standard InChI is InChI=1S/C23H19O2/c24-25-23-13-7-6-12-21(23)22-16-19-11-5-4-10-18(19)15-20(22)14-17-8-2-1-3-9-17/h1-13,15,24H,14,16H2. The first-order chi connectivity index (χ1) is 12.3. The molecule has 0 atom stereocenters. The van der Waals surface area contributed by atoms with E-state index in [1.54, 1.807) is 6.07 Å². The van der Waals surface area contributed by atoms with Crippen molar-refractivity contribution in [3.63, 3.8) is 0 Å². The number of benzene rings is 3. The Labute approximate surface area is 148 Å². The van der Waals surface area contributed by atoms with E-state index in [1.807, 2.05) is 24.3 Å².